The topological polar surface area (TPSA) is 24.9 Å². The average Bonchev–Trinajstić information content (AvgIpc) is 2.50. The SMILES string of the molecule is CNC(c1ccc(Br)cc1Br)c1cccc2cnccc12. The summed E-state index contributed by atoms with van der Waals surface area (Å²) in [5.74, 6) is 0. The maximum absolute atomic E-state index is 4.21. The fourth-order valence-electron chi connectivity index (χ4n) is 2.61. The van der Waals surface area contributed by atoms with Crippen molar-refractivity contribution in [1.29, 1.82) is 0 Å². The van der Waals surface area contributed by atoms with E-state index in [4.69, 9.17) is 0 Å². The highest BCUT2D eigenvalue weighted by Gasteiger charge is 2.17. The molecule has 3 rings (SSSR count). The van der Waals surface area contributed by atoms with Crippen molar-refractivity contribution in [2.24, 2.45) is 0 Å². The Hall–Kier alpha value is -1.23. The molecule has 0 saturated heterocycles. The van der Waals surface area contributed by atoms with Gasteiger partial charge in [0.25, 0.3) is 0 Å². The third-order valence-corrected chi connectivity index (χ3v) is 4.77. The smallest absolute Gasteiger partial charge is 0.0591 e. The Kier molecular flexibility index (Phi) is 4.38. The number of hydrogen-bond donors (Lipinski definition) is 1. The van der Waals surface area contributed by atoms with Crippen molar-refractivity contribution in [1.82, 2.24) is 10.3 Å². The van der Waals surface area contributed by atoms with Crippen molar-refractivity contribution in [3.8, 4) is 0 Å². The van der Waals surface area contributed by atoms with Crippen LogP contribution in [0.1, 0.15) is 17.2 Å². The van der Waals surface area contributed by atoms with E-state index in [0.29, 0.717) is 0 Å². The summed E-state index contributed by atoms with van der Waals surface area (Å²) in [6.45, 7) is 0. The van der Waals surface area contributed by atoms with Crippen LogP contribution in [0.4, 0.5) is 0 Å². The van der Waals surface area contributed by atoms with Gasteiger partial charge in [0.05, 0.1) is 6.04 Å². The summed E-state index contributed by atoms with van der Waals surface area (Å²) in [5.41, 5.74) is 2.46. The molecule has 0 bridgehead atoms. The second kappa shape index (κ2) is 6.26. The zero-order chi connectivity index (χ0) is 14.8. The summed E-state index contributed by atoms with van der Waals surface area (Å²) in [6.07, 6.45) is 3.75. The van der Waals surface area contributed by atoms with Crippen LogP contribution >= 0.6 is 31.9 Å². The molecular formula is C17H14Br2N2. The molecule has 21 heavy (non-hydrogen) atoms. The fraction of sp³-hybridized carbons (Fsp3) is 0.118. The largest absolute Gasteiger partial charge is 0.309 e. The molecule has 1 aromatic heterocycles. The molecule has 0 spiro atoms. The lowest BCUT2D eigenvalue weighted by atomic mass is 9.94. The van der Waals surface area contributed by atoms with Crippen molar-refractivity contribution in [3.63, 3.8) is 0 Å². The number of fused-ring (bicyclic) bond motifs is 1. The van der Waals surface area contributed by atoms with E-state index in [9.17, 15) is 0 Å². The number of aromatic nitrogens is 1. The Morgan fingerprint density at radius 2 is 1.90 bits per heavy atom. The van der Waals surface area contributed by atoms with Gasteiger partial charge in [-0.15, -0.1) is 0 Å². The molecule has 1 unspecified atom stereocenters. The van der Waals surface area contributed by atoms with Crippen LogP contribution in [0.2, 0.25) is 0 Å². The molecule has 3 aromatic rings. The lowest BCUT2D eigenvalue weighted by molar-refractivity contribution is 0.694. The van der Waals surface area contributed by atoms with Crippen molar-refractivity contribution >= 4 is 42.6 Å². The fourth-order valence-corrected chi connectivity index (χ4v) is 3.89. The highest BCUT2D eigenvalue weighted by atomic mass is 79.9. The number of rotatable bonds is 3. The maximum atomic E-state index is 4.21. The van der Waals surface area contributed by atoms with E-state index in [2.05, 4.69) is 84.6 Å². The standard InChI is InChI=1S/C17H14Br2N2/c1-20-17(15-6-5-12(18)9-16(15)19)14-4-2-3-11-10-21-8-7-13(11)14/h2-10,17,20H,1H3. The second-order valence-corrected chi connectivity index (χ2v) is 6.60. The predicted octanol–water partition coefficient (Wildman–Crippen LogP) is 5.07. The quantitative estimate of drug-likeness (QED) is 0.657. The summed E-state index contributed by atoms with van der Waals surface area (Å²) in [6, 6.07) is 14.8. The third kappa shape index (κ3) is 2.89. The van der Waals surface area contributed by atoms with E-state index < -0.39 is 0 Å². The van der Waals surface area contributed by atoms with Gasteiger partial charge in [0.15, 0.2) is 0 Å². The van der Waals surface area contributed by atoms with E-state index in [1.54, 1.807) is 0 Å². The van der Waals surface area contributed by atoms with Gasteiger partial charge in [-0.05, 0) is 41.8 Å². The van der Waals surface area contributed by atoms with Gasteiger partial charge >= 0.3 is 0 Å². The van der Waals surface area contributed by atoms with Crippen LogP contribution in [-0.4, -0.2) is 12.0 Å². The lowest BCUT2D eigenvalue weighted by Gasteiger charge is -2.20. The molecule has 2 nitrogen and oxygen atoms in total. The minimum absolute atomic E-state index is 0.124. The van der Waals surface area contributed by atoms with Crippen LogP contribution in [0.3, 0.4) is 0 Å². The van der Waals surface area contributed by atoms with Gasteiger partial charge in [-0.1, -0.05) is 56.1 Å². The van der Waals surface area contributed by atoms with Gasteiger partial charge in [-0.2, -0.15) is 0 Å². The van der Waals surface area contributed by atoms with Crippen LogP contribution in [0.25, 0.3) is 10.8 Å². The molecule has 0 aliphatic heterocycles. The highest BCUT2D eigenvalue weighted by molar-refractivity contribution is 9.11. The third-order valence-electron chi connectivity index (χ3n) is 3.59. The Balaban J connectivity index is 2.18. The summed E-state index contributed by atoms with van der Waals surface area (Å²) in [7, 11) is 1.99. The van der Waals surface area contributed by atoms with Crippen LogP contribution in [-0.2, 0) is 0 Å². The van der Waals surface area contributed by atoms with Crippen LogP contribution in [0.5, 0.6) is 0 Å². The van der Waals surface area contributed by atoms with Gasteiger partial charge in [-0.3, -0.25) is 4.98 Å². The zero-order valence-electron chi connectivity index (χ0n) is 11.5. The Labute approximate surface area is 140 Å². The molecule has 0 radical (unpaired) electrons. The molecule has 1 heterocycles. The summed E-state index contributed by atoms with van der Waals surface area (Å²) >= 11 is 7.17. The van der Waals surface area contributed by atoms with Gasteiger partial charge < -0.3 is 5.32 Å². The molecule has 0 amide bonds. The average molecular weight is 406 g/mol. The van der Waals surface area contributed by atoms with E-state index in [-0.39, 0.29) is 6.04 Å². The first-order valence-corrected chi connectivity index (χ1v) is 8.24. The number of benzene rings is 2. The molecule has 106 valence electrons. The van der Waals surface area contributed by atoms with Crippen molar-refractivity contribution in [2.75, 3.05) is 7.05 Å². The van der Waals surface area contributed by atoms with Crippen molar-refractivity contribution in [2.45, 2.75) is 6.04 Å². The Morgan fingerprint density at radius 1 is 1.05 bits per heavy atom. The lowest BCUT2D eigenvalue weighted by Crippen LogP contribution is -2.18. The molecule has 0 aliphatic carbocycles. The number of nitrogens with zero attached hydrogens (tertiary/aromatic N) is 1. The monoisotopic (exact) mass is 404 g/mol. The van der Waals surface area contributed by atoms with E-state index in [1.165, 1.54) is 16.5 Å². The van der Waals surface area contributed by atoms with Crippen LogP contribution < -0.4 is 5.32 Å². The number of nitrogens with one attached hydrogen (secondary N) is 1. The van der Waals surface area contributed by atoms with E-state index in [1.807, 2.05) is 19.4 Å². The zero-order valence-corrected chi connectivity index (χ0v) is 14.6. The van der Waals surface area contributed by atoms with E-state index in [0.717, 1.165) is 14.3 Å². The number of hydrogen-bond acceptors (Lipinski definition) is 2. The number of halogens is 2. The molecule has 0 fully saturated rings. The molecule has 0 aliphatic rings. The van der Waals surface area contributed by atoms with Crippen LogP contribution in [0.15, 0.2) is 63.8 Å². The second-order valence-electron chi connectivity index (χ2n) is 4.83. The van der Waals surface area contributed by atoms with Crippen molar-refractivity contribution < 1.29 is 0 Å². The minimum atomic E-state index is 0.124. The Bertz CT molecular complexity index is 781. The molecule has 4 heteroatoms. The van der Waals surface area contributed by atoms with Crippen molar-refractivity contribution in [3.05, 3.63) is 74.9 Å². The van der Waals surface area contributed by atoms with E-state index >= 15 is 0 Å². The first-order chi connectivity index (χ1) is 10.2. The summed E-state index contributed by atoms with van der Waals surface area (Å²) in [5, 5.41) is 5.80. The molecule has 2 aromatic carbocycles. The van der Waals surface area contributed by atoms with Gasteiger partial charge in [0.1, 0.15) is 0 Å². The summed E-state index contributed by atoms with van der Waals surface area (Å²) in [4.78, 5) is 4.21. The Morgan fingerprint density at radius 3 is 2.67 bits per heavy atom. The number of pyridine rings is 1. The molecule has 1 atom stereocenters. The maximum Gasteiger partial charge on any atom is 0.0591 e. The minimum Gasteiger partial charge on any atom is -0.309 e. The predicted molar refractivity (Wildman–Crippen MR) is 94.5 cm³/mol. The van der Waals surface area contributed by atoms with Crippen LogP contribution in [0, 0.1) is 0 Å². The summed E-state index contributed by atoms with van der Waals surface area (Å²) < 4.78 is 2.15. The highest BCUT2D eigenvalue weighted by Crippen LogP contribution is 2.33. The first-order valence-electron chi connectivity index (χ1n) is 6.65. The molecule has 1 N–H and O–H groups in total. The van der Waals surface area contributed by atoms with Gasteiger partial charge in [-0.25, -0.2) is 0 Å². The first kappa shape index (κ1) is 14.7. The van der Waals surface area contributed by atoms with Gasteiger partial charge in [0, 0.05) is 26.7 Å². The normalized spacial score (nSPS) is 12.5. The molecular weight excluding hydrogens is 392 g/mol. The molecule has 0 saturated carbocycles. The van der Waals surface area contributed by atoms with Gasteiger partial charge in [0.2, 0.25) is 0 Å².